The first kappa shape index (κ1) is 12.4. The smallest absolute Gasteiger partial charge is 0.275 e. The van der Waals surface area contributed by atoms with Crippen LogP contribution in [0.3, 0.4) is 0 Å². The Hall–Kier alpha value is -1.59. The number of carbonyl (C=O) groups excluding carboxylic acids is 1. The van der Waals surface area contributed by atoms with E-state index in [0.717, 1.165) is 0 Å². The Morgan fingerprint density at radius 2 is 2.00 bits per heavy atom. The van der Waals surface area contributed by atoms with Crippen LogP contribution in [0.2, 0.25) is 0 Å². The van der Waals surface area contributed by atoms with Crippen molar-refractivity contribution in [1.29, 1.82) is 0 Å². The van der Waals surface area contributed by atoms with Gasteiger partial charge < -0.3 is 15.2 Å². The number of nitrogens with zero attached hydrogens (tertiary/aromatic N) is 3. The summed E-state index contributed by atoms with van der Waals surface area (Å²) in [7, 11) is 6.32. The molecule has 0 aromatic carbocycles. The molecule has 6 heteroatoms. The summed E-state index contributed by atoms with van der Waals surface area (Å²) in [5.74, 6) is -0.224. The van der Waals surface area contributed by atoms with Crippen molar-refractivity contribution < 1.29 is 9.63 Å². The van der Waals surface area contributed by atoms with Crippen molar-refractivity contribution in [2.75, 3.05) is 28.3 Å². The van der Waals surface area contributed by atoms with E-state index in [2.05, 4.69) is 20.5 Å². The van der Waals surface area contributed by atoms with Gasteiger partial charge in [0.1, 0.15) is 12.8 Å². The number of hydrazone groups is 1. The zero-order chi connectivity index (χ0) is 11.1. The second-order valence-corrected chi connectivity index (χ2v) is 2.74. The highest BCUT2D eigenvalue weighted by Gasteiger charge is 2.17. The van der Waals surface area contributed by atoms with Gasteiger partial charge in [-0.15, -0.1) is 0 Å². The van der Waals surface area contributed by atoms with Gasteiger partial charge >= 0.3 is 0 Å². The molecule has 6 nitrogen and oxygen atoms in total. The highest BCUT2D eigenvalue weighted by atomic mass is 16.6. The zero-order valence-corrected chi connectivity index (χ0v) is 9.16. The van der Waals surface area contributed by atoms with Crippen LogP contribution >= 0.6 is 0 Å². The highest BCUT2D eigenvalue weighted by molar-refractivity contribution is 6.66. The number of hydrogen-bond acceptors (Lipinski definition) is 5. The Morgan fingerprint density at radius 3 is 2.36 bits per heavy atom. The molecule has 0 fully saturated rings. The lowest BCUT2D eigenvalue weighted by atomic mass is 10.2. The molecule has 14 heavy (non-hydrogen) atoms. The summed E-state index contributed by atoms with van der Waals surface area (Å²) in [5.41, 5.74) is 3.21. The van der Waals surface area contributed by atoms with Crippen LogP contribution < -0.4 is 5.43 Å². The Bertz CT molecular complexity index is 258. The third kappa shape index (κ3) is 3.42. The fourth-order valence-electron chi connectivity index (χ4n) is 0.787. The van der Waals surface area contributed by atoms with Crippen molar-refractivity contribution in [2.45, 2.75) is 6.92 Å². The second kappa shape index (κ2) is 5.95. The minimum atomic E-state index is -0.224. The summed E-state index contributed by atoms with van der Waals surface area (Å²) in [6, 6.07) is 0. The summed E-state index contributed by atoms with van der Waals surface area (Å²) in [6.07, 6.45) is 0. The molecule has 0 saturated carbocycles. The predicted molar refractivity (Wildman–Crippen MR) is 55.3 cm³/mol. The van der Waals surface area contributed by atoms with Gasteiger partial charge in [-0.3, -0.25) is 4.79 Å². The van der Waals surface area contributed by atoms with E-state index in [1.807, 2.05) is 0 Å². The average Bonchev–Trinajstić information content (AvgIpc) is 2.13. The first-order chi connectivity index (χ1) is 6.54. The Kier molecular flexibility index (Phi) is 5.28. The normalized spacial score (nSPS) is 12.4. The number of carbonyl (C=O) groups is 1. The van der Waals surface area contributed by atoms with Crippen LogP contribution in [-0.2, 0) is 9.63 Å². The van der Waals surface area contributed by atoms with Crippen LogP contribution in [0.25, 0.3) is 0 Å². The van der Waals surface area contributed by atoms with Crippen LogP contribution in [0, 0.1) is 0 Å². The van der Waals surface area contributed by atoms with Gasteiger partial charge in [0.15, 0.2) is 5.71 Å². The van der Waals surface area contributed by atoms with Gasteiger partial charge in [-0.2, -0.15) is 5.10 Å². The van der Waals surface area contributed by atoms with Crippen LogP contribution in [0.4, 0.5) is 0 Å². The second-order valence-electron chi connectivity index (χ2n) is 2.74. The van der Waals surface area contributed by atoms with Gasteiger partial charge in [-0.05, 0) is 6.92 Å². The molecule has 0 radical (unpaired) electrons. The Labute approximate surface area is 83.6 Å². The van der Waals surface area contributed by atoms with E-state index < -0.39 is 0 Å². The van der Waals surface area contributed by atoms with Crippen molar-refractivity contribution in [1.82, 2.24) is 10.3 Å². The molecule has 0 unspecified atom stereocenters. The van der Waals surface area contributed by atoms with Crippen LogP contribution in [0.15, 0.2) is 10.3 Å². The third-order valence-corrected chi connectivity index (χ3v) is 1.40. The fourth-order valence-corrected chi connectivity index (χ4v) is 0.787. The van der Waals surface area contributed by atoms with Gasteiger partial charge in [0.2, 0.25) is 0 Å². The van der Waals surface area contributed by atoms with Gasteiger partial charge in [-0.25, -0.2) is 0 Å². The van der Waals surface area contributed by atoms with Gasteiger partial charge in [-0.1, -0.05) is 5.16 Å². The van der Waals surface area contributed by atoms with Gasteiger partial charge in [0.25, 0.3) is 5.91 Å². The van der Waals surface area contributed by atoms with Crippen LogP contribution in [-0.4, -0.2) is 50.5 Å². The largest absolute Gasteiger partial charge is 0.399 e. The maximum absolute atomic E-state index is 11.6. The van der Waals surface area contributed by atoms with Crippen molar-refractivity contribution in [3.05, 3.63) is 0 Å². The number of nitrogens with one attached hydrogen (secondary N) is 1. The molecule has 1 amide bonds. The quantitative estimate of drug-likeness (QED) is 0.499. The number of hydrogen-bond donors (Lipinski definition) is 1. The zero-order valence-electron chi connectivity index (χ0n) is 9.16. The third-order valence-electron chi connectivity index (χ3n) is 1.40. The standard InChI is InChI=1S/C8H16N4O2/c1-6(11-14-5)7(10-9-2)8(13)12(3)4/h9H,1-5H3. The van der Waals surface area contributed by atoms with E-state index in [0.29, 0.717) is 5.71 Å². The van der Waals surface area contributed by atoms with Crippen molar-refractivity contribution >= 4 is 17.3 Å². The van der Waals surface area contributed by atoms with Gasteiger partial charge in [0.05, 0.1) is 0 Å². The van der Waals surface area contributed by atoms with E-state index in [9.17, 15) is 4.79 Å². The molecule has 0 spiro atoms. The molecule has 0 aromatic heterocycles. The number of oxime groups is 1. The maximum atomic E-state index is 11.6. The fraction of sp³-hybridized carbons (Fsp3) is 0.625. The van der Waals surface area contributed by atoms with E-state index in [1.54, 1.807) is 28.1 Å². The molecule has 0 saturated heterocycles. The lowest BCUT2D eigenvalue weighted by molar-refractivity contribution is -0.121. The number of rotatable bonds is 4. The molecule has 0 aliphatic heterocycles. The minimum absolute atomic E-state index is 0.224. The van der Waals surface area contributed by atoms with E-state index in [4.69, 9.17) is 0 Å². The first-order valence-corrected chi connectivity index (χ1v) is 4.08. The molecule has 0 bridgehead atoms. The lowest BCUT2D eigenvalue weighted by Crippen LogP contribution is -2.35. The molecule has 0 atom stereocenters. The van der Waals surface area contributed by atoms with E-state index in [-0.39, 0.29) is 11.6 Å². The molecular formula is C8H16N4O2. The molecule has 0 aliphatic carbocycles. The molecule has 80 valence electrons. The molecule has 1 N–H and O–H groups in total. The van der Waals surface area contributed by atoms with Gasteiger partial charge in [0, 0.05) is 21.1 Å². The monoisotopic (exact) mass is 200 g/mol. The summed E-state index contributed by atoms with van der Waals surface area (Å²) in [5, 5.41) is 7.47. The van der Waals surface area contributed by atoms with Crippen LogP contribution in [0.5, 0.6) is 0 Å². The average molecular weight is 200 g/mol. The van der Waals surface area contributed by atoms with Crippen molar-refractivity contribution in [3.63, 3.8) is 0 Å². The van der Waals surface area contributed by atoms with E-state index in [1.165, 1.54) is 12.0 Å². The lowest BCUT2D eigenvalue weighted by Gasteiger charge is -2.11. The van der Waals surface area contributed by atoms with Crippen molar-refractivity contribution in [3.8, 4) is 0 Å². The Balaban J connectivity index is 4.88. The summed E-state index contributed by atoms with van der Waals surface area (Å²) in [4.78, 5) is 17.6. The summed E-state index contributed by atoms with van der Waals surface area (Å²) < 4.78 is 0. The molecule has 0 rings (SSSR count). The SMILES string of the molecule is CNN=C(C(=O)N(C)C)C(C)=NOC. The summed E-state index contributed by atoms with van der Waals surface area (Å²) in [6.45, 7) is 1.65. The molecule has 0 heterocycles. The predicted octanol–water partition coefficient (Wildman–Crippen LogP) is -0.328. The van der Waals surface area contributed by atoms with Crippen LogP contribution in [0.1, 0.15) is 6.92 Å². The molecule has 0 aromatic rings. The molecule has 0 aliphatic rings. The molecular weight excluding hydrogens is 184 g/mol. The highest BCUT2D eigenvalue weighted by Crippen LogP contribution is 1.90. The Morgan fingerprint density at radius 1 is 1.43 bits per heavy atom. The maximum Gasteiger partial charge on any atom is 0.275 e. The summed E-state index contributed by atoms with van der Waals surface area (Å²) >= 11 is 0. The minimum Gasteiger partial charge on any atom is -0.399 e. The number of amides is 1. The van der Waals surface area contributed by atoms with E-state index >= 15 is 0 Å². The topological polar surface area (TPSA) is 66.3 Å². The first-order valence-electron chi connectivity index (χ1n) is 4.08. The van der Waals surface area contributed by atoms with Crippen molar-refractivity contribution in [2.24, 2.45) is 10.3 Å².